The van der Waals surface area contributed by atoms with Gasteiger partial charge in [0.25, 0.3) is 0 Å². The molecule has 0 aliphatic heterocycles. The molecule has 2 N–H and O–H groups in total. The van der Waals surface area contributed by atoms with Gasteiger partial charge in [-0.2, -0.15) is 0 Å². The molecular weight excluding hydrogens is 412 g/mol. The predicted molar refractivity (Wildman–Crippen MR) is 109 cm³/mol. The summed E-state index contributed by atoms with van der Waals surface area (Å²) in [6.07, 6.45) is 1.78. The van der Waals surface area contributed by atoms with Gasteiger partial charge in [0.15, 0.2) is 11.5 Å². The maximum atomic E-state index is 12.0. The number of urea groups is 1. The average Bonchev–Trinajstić information content (AvgIpc) is 2.68. The smallest absolute Gasteiger partial charge is 0.315 e. The Morgan fingerprint density at radius 3 is 2.26 bits per heavy atom. The van der Waals surface area contributed by atoms with Crippen molar-refractivity contribution in [2.24, 2.45) is 0 Å². The zero-order chi connectivity index (χ0) is 19.6. The van der Waals surface area contributed by atoms with E-state index < -0.39 is 0 Å². The number of ether oxygens (including phenoxy) is 3. The van der Waals surface area contributed by atoms with Crippen molar-refractivity contribution in [2.45, 2.75) is 19.4 Å². The lowest BCUT2D eigenvalue weighted by Crippen LogP contribution is -2.35. The molecule has 0 spiro atoms. The SMILES string of the molecule is COc1cc(CNC(=O)NCCCc2cccc(Br)c2)cc(OC)c1OC. The highest BCUT2D eigenvalue weighted by Crippen LogP contribution is 2.38. The van der Waals surface area contributed by atoms with Crippen LogP contribution in [0.15, 0.2) is 40.9 Å². The Hall–Kier alpha value is -2.41. The second-order valence-corrected chi connectivity index (χ2v) is 6.79. The largest absolute Gasteiger partial charge is 0.493 e. The van der Waals surface area contributed by atoms with Gasteiger partial charge in [-0.05, 0) is 48.2 Å². The van der Waals surface area contributed by atoms with Gasteiger partial charge < -0.3 is 24.8 Å². The molecule has 7 heteroatoms. The number of rotatable bonds is 9. The molecule has 0 aromatic heterocycles. The van der Waals surface area contributed by atoms with Gasteiger partial charge in [-0.25, -0.2) is 4.79 Å². The quantitative estimate of drug-likeness (QED) is 0.584. The third-order valence-corrected chi connectivity index (χ3v) is 4.49. The van der Waals surface area contributed by atoms with Crippen molar-refractivity contribution in [2.75, 3.05) is 27.9 Å². The van der Waals surface area contributed by atoms with Gasteiger partial charge >= 0.3 is 6.03 Å². The minimum absolute atomic E-state index is 0.210. The molecule has 27 heavy (non-hydrogen) atoms. The summed E-state index contributed by atoms with van der Waals surface area (Å²) in [6, 6.07) is 11.6. The van der Waals surface area contributed by atoms with Crippen LogP contribution in [0.5, 0.6) is 17.2 Å². The van der Waals surface area contributed by atoms with Crippen LogP contribution in [0.1, 0.15) is 17.5 Å². The van der Waals surface area contributed by atoms with Crippen molar-refractivity contribution in [1.29, 1.82) is 0 Å². The van der Waals surface area contributed by atoms with E-state index in [2.05, 4.69) is 38.7 Å². The van der Waals surface area contributed by atoms with E-state index in [0.29, 0.717) is 30.3 Å². The molecule has 146 valence electrons. The average molecular weight is 437 g/mol. The van der Waals surface area contributed by atoms with Crippen LogP contribution >= 0.6 is 15.9 Å². The number of benzene rings is 2. The molecule has 0 aliphatic carbocycles. The van der Waals surface area contributed by atoms with E-state index in [1.165, 1.54) is 5.56 Å². The Bertz CT molecular complexity index is 742. The molecule has 0 saturated carbocycles. The maximum Gasteiger partial charge on any atom is 0.315 e. The summed E-state index contributed by atoms with van der Waals surface area (Å²) in [5, 5.41) is 5.71. The number of nitrogens with one attached hydrogen (secondary N) is 2. The van der Waals surface area contributed by atoms with E-state index in [9.17, 15) is 4.79 Å². The number of halogens is 1. The molecule has 0 atom stereocenters. The van der Waals surface area contributed by atoms with Crippen LogP contribution in [0.2, 0.25) is 0 Å². The van der Waals surface area contributed by atoms with Gasteiger partial charge in [0.05, 0.1) is 21.3 Å². The van der Waals surface area contributed by atoms with Gasteiger partial charge in [0, 0.05) is 17.6 Å². The maximum absolute atomic E-state index is 12.0. The lowest BCUT2D eigenvalue weighted by atomic mass is 10.1. The number of aryl methyl sites for hydroxylation is 1. The molecule has 2 rings (SSSR count). The lowest BCUT2D eigenvalue weighted by molar-refractivity contribution is 0.240. The zero-order valence-electron chi connectivity index (χ0n) is 15.8. The number of methoxy groups -OCH3 is 3. The van der Waals surface area contributed by atoms with Crippen LogP contribution in [0.25, 0.3) is 0 Å². The summed E-state index contributed by atoms with van der Waals surface area (Å²) in [6.45, 7) is 0.960. The van der Waals surface area contributed by atoms with Gasteiger partial charge in [-0.15, -0.1) is 0 Å². The van der Waals surface area contributed by atoms with E-state index in [0.717, 1.165) is 22.9 Å². The lowest BCUT2D eigenvalue weighted by Gasteiger charge is -2.14. The van der Waals surface area contributed by atoms with Crippen LogP contribution in [0.3, 0.4) is 0 Å². The van der Waals surface area contributed by atoms with Crippen molar-refractivity contribution in [3.63, 3.8) is 0 Å². The van der Waals surface area contributed by atoms with Crippen molar-refractivity contribution >= 4 is 22.0 Å². The first-order chi connectivity index (χ1) is 13.1. The number of amides is 2. The summed E-state index contributed by atoms with van der Waals surface area (Å²) < 4.78 is 17.0. The van der Waals surface area contributed by atoms with Crippen LogP contribution in [0, 0.1) is 0 Å². The Balaban J connectivity index is 1.79. The number of carbonyl (C=O) groups is 1. The molecule has 2 aromatic rings. The summed E-state index contributed by atoms with van der Waals surface area (Å²) in [4.78, 5) is 12.0. The molecule has 0 heterocycles. The topological polar surface area (TPSA) is 68.8 Å². The van der Waals surface area contributed by atoms with E-state index in [1.54, 1.807) is 21.3 Å². The van der Waals surface area contributed by atoms with Crippen LogP contribution < -0.4 is 24.8 Å². The molecule has 2 aromatic carbocycles. The highest BCUT2D eigenvalue weighted by atomic mass is 79.9. The Kier molecular flexibility index (Phi) is 8.26. The molecule has 2 amide bonds. The second-order valence-electron chi connectivity index (χ2n) is 5.88. The van der Waals surface area contributed by atoms with Crippen LogP contribution in [0.4, 0.5) is 4.79 Å². The standard InChI is InChI=1S/C20H25BrN2O4/c1-25-17-11-15(12-18(26-2)19(17)27-3)13-23-20(24)22-9-5-7-14-6-4-8-16(21)10-14/h4,6,8,10-12H,5,7,9,13H2,1-3H3,(H2,22,23,24). The second kappa shape index (κ2) is 10.7. The summed E-state index contributed by atoms with van der Waals surface area (Å²) in [5.74, 6) is 1.65. The highest BCUT2D eigenvalue weighted by molar-refractivity contribution is 9.10. The molecule has 0 aliphatic rings. The molecule has 0 saturated heterocycles. The normalized spacial score (nSPS) is 10.2. The fraction of sp³-hybridized carbons (Fsp3) is 0.350. The fourth-order valence-corrected chi connectivity index (χ4v) is 3.12. The minimum atomic E-state index is -0.210. The van der Waals surface area contributed by atoms with Crippen molar-refractivity contribution < 1.29 is 19.0 Å². The van der Waals surface area contributed by atoms with E-state index in [-0.39, 0.29) is 6.03 Å². The Morgan fingerprint density at radius 2 is 1.67 bits per heavy atom. The van der Waals surface area contributed by atoms with Gasteiger partial charge in [-0.3, -0.25) is 0 Å². The zero-order valence-corrected chi connectivity index (χ0v) is 17.4. The minimum Gasteiger partial charge on any atom is -0.493 e. The van der Waals surface area contributed by atoms with Crippen molar-refractivity contribution in [1.82, 2.24) is 10.6 Å². The Labute approximate surface area is 168 Å². The molecule has 6 nitrogen and oxygen atoms in total. The first-order valence-electron chi connectivity index (χ1n) is 8.62. The number of hydrogen-bond donors (Lipinski definition) is 2. The van der Waals surface area contributed by atoms with Gasteiger partial charge in [0.1, 0.15) is 0 Å². The summed E-state index contributed by atoms with van der Waals surface area (Å²) in [5.41, 5.74) is 2.10. The molecule has 0 unspecified atom stereocenters. The van der Waals surface area contributed by atoms with Gasteiger partial charge in [0.2, 0.25) is 5.75 Å². The third-order valence-electron chi connectivity index (χ3n) is 3.99. The van der Waals surface area contributed by atoms with E-state index in [4.69, 9.17) is 14.2 Å². The number of carbonyl (C=O) groups excluding carboxylic acids is 1. The Morgan fingerprint density at radius 1 is 0.963 bits per heavy atom. The summed E-state index contributed by atoms with van der Waals surface area (Å²) >= 11 is 3.46. The first kappa shape index (κ1) is 20.9. The van der Waals surface area contributed by atoms with Crippen LogP contribution in [-0.4, -0.2) is 33.9 Å². The molecular formula is C20H25BrN2O4. The van der Waals surface area contributed by atoms with E-state index in [1.807, 2.05) is 24.3 Å². The predicted octanol–water partition coefficient (Wildman–Crippen LogP) is 3.91. The number of hydrogen-bond acceptors (Lipinski definition) is 4. The van der Waals surface area contributed by atoms with Gasteiger partial charge in [-0.1, -0.05) is 28.1 Å². The third kappa shape index (κ3) is 6.36. The summed E-state index contributed by atoms with van der Waals surface area (Å²) in [7, 11) is 4.68. The molecule has 0 radical (unpaired) electrons. The van der Waals surface area contributed by atoms with Crippen LogP contribution in [-0.2, 0) is 13.0 Å². The monoisotopic (exact) mass is 436 g/mol. The fourth-order valence-electron chi connectivity index (χ4n) is 2.67. The van der Waals surface area contributed by atoms with Crippen molar-refractivity contribution in [3.05, 3.63) is 52.0 Å². The highest BCUT2D eigenvalue weighted by Gasteiger charge is 2.13. The first-order valence-corrected chi connectivity index (χ1v) is 9.41. The van der Waals surface area contributed by atoms with E-state index >= 15 is 0 Å². The molecule has 0 bridgehead atoms. The molecule has 0 fully saturated rings. The van der Waals surface area contributed by atoms with Crippen molar-refractivity contribution in [3.8, 4) is 17.2 Å².